The molecule has 0 spiro atoms. The Morgan fingerprint density at radius 2 is 1.82 bits per heavy atom. The quantitative estimate of drug-likeness (QED) is 0.397. The molecule has 0 aliphatic heterocycles. The lowest BCUT2D eigenvalue weighted by Gasteiger charge is -2.30. The number of rotatable bonds is 3. The molecule has 22 heavy (non-hydrogen) atoms. The Morgan fingerprint density at radius 1 is 1.18 bits per heavy atom. The molecule has 2 rings (SSSR count). The fraction of sp³-hybridized carbons (Fsp3) is 0.154. The lowest BCUT2D eigenvalue weighted by molar-refractivity contribution is 0.0714. The Kier molecular flexibility index (Phi) is 3.73. The molecule has 0 saturated heterocycles. The van der Waals surface area contributed by atoms with E-state index in [2.05, 4.69) is 0 Å². The number of phenolic OH excluding ortho intramolecular Hbond substituents is 2. The van der Waals surface area contributed by atoms with Crippen molar-refractivity contribution in [3.63, 3.8) is 0 Å². The van der Waals surface area contributed by atoms with E-state index in [1.165, 1.54) is 0 Å². The Balaban J connectivity index is 2.55. The average Bonchev–Trinajstić information content (AvgIpc) is 2.36. The molecule has 0 saturated carbocycles. The molecule has 2 atom stereocenters. The predicted molar refractivity (Wildman–Crippen MR) is 73.9 cm³/mol. The minimum absolute atomic E-state index is 0.323. The predicted octanol–water partition coefficient (Wildman–Crippen LogP) is 0.485. The molecule has 0 amide bonds. The van der Waals surface area contributed by atoms with Crippen LogP contribution in [0.3, 0.4) is 0 Å². The van der Waals surface area contributed by atoms with Crippen LogP contribution in [0.5, 0.6) is 11.5 Å². The fourth-order valence-corrected chi connectivity index (χ4v) is 2.86. The molecule has 1 aliphatic rings. The molecule has 118 valence electrons. The van der Waals surface area contributed by atoms with Gasteiger partial charge in [0.1, 0.15) is 17.3 Å². The van der Waals surface area contributed by atoms with Gasteiger partial charge in [0.05, 0.1) is 11.5 Å². The summed E-state index contributed by atoms with van der Waals surface area (Å²) in [7, 11) is -5.17. The molecule has 5 N–H and O–H groups in total. The highest BCUT2D eigenvalue weighted by Crippen LogP contribution is 2.36. The van der Waals surface area contributed by atoms with Gasteiger partial charge >= 0.3 is 0 Å². The summed E-state index contributed by atoms with van der Waals surface area (Å²) in [4.78, 5) is 9.29. The molecular weight excluding hydrogens is 316 g/mol. The monoisotopic (exact) mass is 328 g/mol. The van der Waals surface area contributed by atoms with Crippen LogP contribution in [0.15, 0.2) is 42.2 Å². The topological polar surface area (TPSA) is 152 Å². The van der Waals surface area contributed by atoms with Gasteiger partial charge in [-0.05, 0) is 18.2 Å². The van der Waals surface area contributed by atoms with Crippen LogP contribution in [0.2, 0.25) is 0 Å². The fourth-order valence-electron chi connectivity index (χ4n) is 2.09. The Morgan fingerprint density at radius 3 is 2.36 bits per heavy atom. The number of Topliss-reactive ketones (excluding diaryl/α,β-unsaturated/α-hetero) is 1. The number of phenols is 2. The molecular formula is C13H12O8S. The van der Waals surface area contributed by atoms with Crippen LogP contribution in [0.25, 0.3) is 0 Å². The third-order valence-electron chi connectivity index (χ3n) is 3.20. The number of ketones is 1. The summed E-state index contributed by atoms with van der Waals surface area (Å²) in [5.41, 5.74) is -0.371. The minimum atomic E-state index is -5.17. The zero-order valence-corrected chi connectivity index (χ0v) is 11.7. The van der Waals surface area contributed by atoms with E-state index in [4.69, 9.17) is 0 Å². The summed E-state index contributed by atoms with van der Waals surface area (Å²) in [6.45, 7) is 0. The Hall–Kier alpha value is -2.36. The molecule has 1 aliphatic carbocycles. The van der Waals surface area contributed by atoms with Gasteiger partial charge in [0.15, 0.2) is 5.78 Å². The van der Waals surface area contributed by atoms with Crippen LogP contribution in [-0.2, 0) is 10.1 Å². The van der Waals surface area contributed by atoms with E-state index in [-0.39, 0.29) is 11.3 Å². The number of aromatic hydroxyl groups is 2. The summed E-state index contributed by atoms with van der Waals surface area (Å²) >= 11 is 0. The van der Waals surface area contributed by atoms with Gasteiger partial charge in [-0.15, -0.1) is 0 Å². The van der Waals surface area contributed by atoms with Crippen LogP contribution < -0.4 is 0 Å². The lowest BCUT2D eigenvalue weighted by atomic mass is 9.88. The van der Waals surface area contributed by atoms with Crippen molar-refractivity contribution in [1.29, 1.82) is 0 Å². The van der Waals surface area contributed by atoms with E-state index in [0.29, 0.717) is 6.08 Å². The number of carbonyl (C=O) groups is 1. The highest BCUT2D eigenvalue weighted by Gasteiger charge is 2.51. The van der Waals surface area contributed by atoms with Crippen LogP contribution in [0.4, 0.5) is 0 Å². The largest absolute Gasteiger partial charge is 0.508 e. The molecule has 1 aromatic carbocycles. The highest BCUT2D eigenvalue weighted by molar-refractivity contribution is 7.87. The highest BCUT2D eigenvalue weighted by atomic mass is 32.2. The molecule has 0 heterocycles. The van der Waals surface area contributed by atoms with Crippen molar-refractivity contribution in [1.82, 2.24) is 0 Å². The van der Waals surface area contributed by atoms with Crippen molar-refractivity contribution < 1.29 is 38.2 Å². The first-order valence-corrected chi connectivity index (χ1v) is 7.36. The summed E-state index contributed by atoms with van der Waals surface area (Å²) in [6.07, 6.45) is 2.28. The van der Waals surface area contributed by atoms with Crippen molar-refractivity contribution in [2.45, 2.75) is 4.93 Å². The standard InChI is InChI=1S/C13H12O8S/c14-7-1-3-9(11(16)5-7)12(17)10-4-2-8(15)6-13(10,18)22(19,20)21/h1-6,10,14-16,18H,(H,19,20,21). The van der Waals surface area contributed by atoms with Crippen molar-refractivity contribution in [3.05, 3.63) is 47.7 Å². The van der Waals surface area contributed by atoms with E-state index in [0.717, 1.165) is 30.4 Å². The summed E-state index contributed by atoms with van der Waals surface area (Å²) in [5, 5.41) is 38.3. The van der Waals surface area contributed by atoms with Gasteiger partial charge in [-0.1, -0.05) is 6.08 Å². The summed E-state index contributed by atoms with van der Waals surface area (Å²) in [6, 6.07) is 2.97. The smallest absolute Gasteiger partial charge is 0.300 e. The molecule has 0 radical (unpaired) electrons. The third-order valence-corrected chi connectivity index (χ3v) is 4.40. The van der Waals surface area contributed by atoms with E-state index < -0.39 is 38.3 Å². The van der Waals surface area contributed by atoms with Gasteiger partial charge in [0.2, 0.25) is 4.93 Å². The molecule has 0 aromatic heterocycles. The van der Waals surface area contributed by atoms with Crippen LogP contribution in [0.1, 0.15) is 10.4 Å². The van der Waals surface area contributed by atoms with Crippen molar-refractivity contribution in [2.24, 2.45) is 5.92 Å². The van der Waals surface area contributed by atoms with E-state index in [9.17, 15) is 38.2 Å². The number of carbonyl (C=O) groups excluding carboxylic acids is 1. The van der Waals surface area contributed by atoms with Crippen molar-refractivity contribution in [3.8, 4) is 11.5 Å². The molecule has 1 aromatic rings. The number of hydrogen-bond acceptors (Lipinski definition) is 7. The number of hydrogen-bond donors (Lipinski definition) is 5. The zero-order chi connectivity index (χ0) is 16.7. The summed E-state index contributed by atoms with van der Waals surface area (Å²) < 4.78 is 32.0. The number of aliphatic hydroxyl groups excluding tert-OH is 1. The third kappa shape index (κ3) is 2.56. The first-order chi connectivity index (χ1) is 10.1. The Labute approximate surface area is 125 Å². The molecule has 0 fully saturated rings. The lowest BCUT2D eigenvalue weighted by Crippen LogP contribution is -2.47. The van der Waals surface area contributed by atoms with Crippen molar-refractivity contribution >= 4 is 15.9 Å². The second kappa shape index (κ2) is 5.13. The van der Waals surface area contributed by atoms with Gasteiger partial charge in [-0.2, -0.15) is 8.42 Å². The number of allylic oxidation sites excluding steroid dienone is 1. The first kappa shape index (κ1) is 16.0. The van der Waals surface area contributed by atoms with Crippen LogP contribution in [-0.4, -0.2) is 44.1 Å². The Bertz CT molecular complexity index is 792. The van der Waals surface area contributed by atoms with Crippen LogP contribution in [0, 0.1) is 5.92 Å². The molecule has 0 bridgehead atoms. The maximum atomic E-state index is 12.4. The molecule has 9 heteroatoms. The maximum Gasteiger partial charge on any atom is 0.300 e. The van der Waals surface area contributed by atoms with Gasteiger partial charge in [-0.25, -0.2) is 0 Å². The van der Waals surface area contributed by atoms with Gasteiger partial charge in [-0.3, -0.25) is 9.35 Å². The van der Waals surface area contributed by atoms with Crippen LogP contribution >= 0.6 is 0 Å². The second-order valence-electron chi connectivity index (χ2n) is 4.70. The minimum Gasteiger partial charge on any atom is -0.508 e. The van der Waals surface area contributed by atoms with Crippen molar-refractivity contribution in [2.75, 3.05) is 0 Å². The SMILES string of the molecule is O=C(c1ccc(O)cc1O)C1C=CC(O)=CC1(O)S(=O)(=O)O. The number of benzene rings is 1. The summed E-state index contributed by atoms with van der Waals surface area (Å²) in [5.74, 6) is -4.43. The maximum absolute atomic E-state index is 12.4. The second-order valence-corrected chi connectivity index (χ2v) is 6.30. The first-order valence-electron chi connectivity index (χ1n) is 5.92. The molecule has 2 unspecified atom stereocenters. The van der Waals surface area contributed by atoms with Gasteiger partial charge in [0.25, 0.3) is 10.1 Å². The number of aliphatic hydroxyl groups is 2. The van der Waals surface area contributed by atoms with Gasteiger partial charge in [0, 0.05) is 12.1 Å². The van der Waals surface area contributed by atoms with Gasteiger partial charge < -0.3 is 20.4 Å². The normalized spacial score (nSPS) is 24.8. The van der Waals surface area contributed by atoms with E-state index in [1.807, 2.05) is 0 Å². The molecule has 8 nitrogen and oxygen atoms in total. The van der Waals surface area contributed by atoms with E-state index >= 15 is 0 Å². The zero-order valence-electron chi connectivity index (χ0n) is 10.9. The average molecular weight is 328 g/mol. The van der Waals surface area contributed by atoms with E-state index in [1.54, 1.807) is 0 Å².